The van der Waals surface area contributed by atoms with Crippen LogP contribution in [0.1, 0.15) is 17.3 Å². The number of hydrogen-bond acceptors (Lipinski definition) is 4. The number of rotatable bonds is 3. The highest BCUT2D eigenvalue weighted by Gasteiger charge is 2.23. The van der Waals surface area contributed by atoms with Crippen LogP contribution in [-0.2, 0) is 0 Å². The van der Waals surface area contributed by atoms with Gasteiger partial charge in [-0.15, -0.1) is 11.3 Å². The van der Waals surface area contributed by atoms with Crippen molar-refractivity contribution in [3.05, 3.63) is 20.8 Å². The average Bonchev–Trinajstić information content (AvgIpc) is 2.74. The maximum atomic E-state index is 8.94. The smallest absolute Gasteiger partial charge is 0.0701 e. The van der Waals surface area contributed by atoms with Gasteiger partial charge < -0.3 is 5.32 Å². The van der Waals surface area contributed by atoms with Gasteiger partial charge in [0.25, 0.3) is 0 Å². The van der Waals surface area contributed by atoms with E-state index in [1.165, 1.54) is 4.88 Å². The maximum absolute atomic E-state index is 8.94. The predicted octanol–water partition coefficient (Wildman–Crippen LogP) is 2.37. The highest BCUT2D eigenvalue weighted by atomic mass is 79.9. The second-order valence-electron chi connectivity index (χ2n) is 3.81. The average molecular weight is 300 g/mol. The zero-order valence-corrected chi connectivity index (χ0v) is 11.4. The molecule has 1 fully saturated rings. The number of hydrogen-bond donors (Lipinski definition) is 1. The largest absolute Gasteiger partial charge is 0.314 e. The van der Waals surface area contributed by atoms with E-state index in [-0.39, 0.29) is 6.04 Å². The molecule has 0 spiro atoms. The van der Waals surface area contributed by atoms with Crippen LogP contribution in [0.5, 0.6) is 0 Å². The van der Waals surface area contributed by atoms with E-state index in [9.17, 15) is 0 Å². The van der Waals surface area contributed by atoms with E-state index in [4.69, 9.17) is 5.26 Å². The fourth-order valence-corrected chi connectivity index (χ4v) is 3.56. The monoisotopic (exact) mass is 299 g/mol. The Morgan fingerprint density at radius 3 is 2.81 bits per heavy atom. The molecular weight excluding hydrogens is 286 g/mol. The zero-order chi connectivity index (χ0) is 11.4. The van der Waals surface area contributed by atoms with Gasteiger partial charge in [0.1, 0.15) is 0 Å². The van der Waals surface area contributed by atoms with Crippen molar-refractivity contribution in [2.75, 3.05) is 26.2 Å². The summed E-state index contributed by atoms with van der Waals surface area (Å²) in [4.78, 5) is 3.69. The van der Waals surface area contributed by atoms with Crippen molar-refractivity contribution in [2.45, 2.75) is 12.5 Å². The van der Waals surface area contributed by atoms with E-state index in [1.807, 2.05) is 0 Å². The Hall–Kier alpha value is -0.410. The third kappa shape index (κ3) is 2.83. The first-order valence-corrected chi connectivity index (χ1v) is 6.99. The lowest BCUT2D eigenvalue weighted by Gasteiger charge is -2.33. The molecule has 0 bridgehead atoms. The number of piperazine rings is 1. The van der Waals surface area contributed by atoms with Crippen LogP contribution in [0.25, 0.3) is 0 Å². The Morgan fingerprint density at radius 1 is 1.50 bits per heavy atom. The third-order valence-electron chi connectivity index (χ3n) is 2.80. The number of nitriles is 1. The van der Waals surface area contributed by atoms with Crippen LogP contribution in [0.3, 0.4) is 0 Å². The highest BCUT2D eigenvalue weighted by Crippen LogP contribution is 2.32. The van der Waals surface area contributed by atoms with Gasteiger partial charge in [-0.3, -0.25) is 4.90 Å². The van der Waals surface area contributed by atoms with Gasteiger partial charge in [0.05, 0.1) is 22.3 Å². The lowest BCUT2D eigenvalue weighted by atomic mass is 10.1. The van der Waals surface area contributed by atoms with Crippen molar-refractivity contribution in [1.82, 2.24) is 10.2 Å². The zero-order valence-electron chi connectivity index (χ0n) is 8.95. The highest BCUT2D eigenvalue weighted by molar-refractivity contribution is 9.11. The summed E-state index contributed by atoms with van der Waals surface area (Å²) in [6.45, 7) is 4.10. The van der Waals surface area contributed by atoms with Crippen LogP contribution < -0.4 is 5.32 Å². The van der Waals surface area contributed by atoms with Gasteiger partial charge >= 0.3 is 0 Å². The van der Waals surface area contributed by atoms with E-state index < -0.39 is 0 Å². The molecule has 1 saturated heterocycles. The first-order valence-electron chi connectivity index (χ1n) is 5.38. The fraction of sp³-hybridized carbons (Fsp3) is 0.545. The topological polar surface area (TPSA) is 39.1 Å². The Labute approximate surface area is 108 Å². The van der Waals surface area contributed by atoms with Crippen molar-refractivity contribution < 1.29 is 0 Å². The summed E-state index contributed by atoms with van der Waals surface area (Å²) < 4.78 is 1.14. The van der Waals surface area contributed by atoms with Crippen molar-refractivity contribution in [2.24, 2.45) is 0 Å². The molecule has 0 radical (unpaired) electrons. The molecule has 1 aliphatic heterocycles. The third-order valence-corrected chi connectivity index (χ3v) is 4.52. The van der Waals surface area contributed by atoms with Gasteiger partial charge in [-0.2, -0.15) is 5.26 Å². The minimum atomic E-state index is 0.267. The Bertz CT molecular complexity index is 379. The second-order valence-corrected chi connectivity index (χ2v) is 6.30. The molecular formula is C11H14BrN3S. The molecule has 3 nitrogen and oxygen atoms in total. The number of halogens is 1. The van der Waals surface area contributed by atoms with Crippen LogP contribution in [0.15, 0.2) is 15.9 Å². The number of thiophene rings is 1. The number of nitrogens with one attached hydrogen (secondary N) is 1. The molecule has 2 heterocycles. The van der Waals surface area contributed by atoms with Crippen LogP contribution >= 0.6 is 27.3 Å². The van der Waals surface area contributed by atoms with Gasteiger partial charge in [0.15, 0.2) is 0 Å². The summed E-state index contributed by atoms with van der Waals surface area (Å²) in [7, 11) is 0. The predicted molar refractivity (Wildman–Crippen MR) is 69.4 cm³/mol. The molecule has 0 aliphatic carbocycles. The Morgan fingerprint density at radius 2 is 2.25 bits per heavy atom. The van der Waals surface area contributed by atoms with E-state index in [0.29, 0.717) is 6.42 Å². The van der Waals surface area contributed by atoms with Crippen molar-refractivity contribution in [3.8, 4) is 6.07 Å². The van der Waals surface area contributed by atoms with Gasteiger partial charge in [-0.1, -0.05) is 0 Å². The van der Waals surface area contributed by atoms with Crippen molar-refractivity contribution >= 4 is 27.3 Å². The molecule has 5 heteroatoms. The molecule has 0 unspecified atom stereocenters. The maximum Gasteiger partial charge on any atom is 0.0701 e. The minimum Gasteiger partial charge on any atom is -0.314 e. The Kier molecular flexibility index (Phi) is 4.36. The molecule has 16 heavy (non-hydrogen) atoms. The van der Waals surface area contributed by atoms with E-state index in [0.717, 1.165) is 30.0 Å². The van der Waals surface area contributed by atoms with Gasteiger partial charge in [-0.25, -0.2) is 0 Å². The summed E-state index contributed by atoms with van der Waals surface area (Å²) in [5, 5.41) is 12.3. The standard InChI is InChI=1S/C11H14BrN3S/c12-11-2-1-10(16-11)9(3-4-13)15-7-5-14-6-8-15/h1-2,9,14H,3,5-8H2/t9-/m0/s1. The van der Waals surface area contributed by atoms with E-state index in [1.54, 1.807) is 11.3 Å². The molecule has 1 aromatic heterocycles. The SMILES string of the molecule is N#CC[C@@H](c1ccc(Br)s1)N1CCNCC1. The van der Waals surface area contributed by atoms with Crippen LogP contribution in [0, 0.1) is 11.3 Å². The summed E-state index contributed by atoms with van der Waals surface area (Å²) in [5.74, 6) is 0. The molecule has 1 aromatic rings. The summed E-state index contributed by atoms with van der Waals surface area (Å²) >= 11 is 5.21. The molecule has 1 aliphatic rings. The normalized spacial score (nSPS) is 19.2. The van der Waals surface area contributed by atoms with Crippen LogP contribution in [0.4, 0.5) is 0 Å². The van der Waals surface area contributed by atoms with Crippen molar-refractivity contribution in [3.63, 3.8) is 0 Å². The Balaban J connectivity index is 2.13. The summed E-state index contributed by atoms with van der Waals surface area (Å²) in [5.41, 5.74) is 0. The lowest BCUT2D eigenvalue weighted by Crippen LogP contribution is -2.44. The van der Waals surface area contributed by atoms with Gasteiger partial charge in [0, 0.05) is 31.1 Å². The van der Waals surface area contributed by atoms with Crippen molar-refractivity contribution in [1.29, 1.82) is 5.26 Å². The second kappa shape index (κ2) is 5.78. The molecule has 0 amide bonds. The fourth-order valence-electron chi connectivity index (χ4n) is 2.00. The van der Waals surface area contributed by atoms with Crippen LogP contribution in [0.2, 0.25) is 0 Å². The van der Waals surface area contributed by atoms with Gasteiger partial charge in [0.2, 0.25) is 0 Å². The quantitative estimate of drug-likeness (QED) is 0.931. The summed E-state index contributed by atoms with van der Waals surface area (Å²) in [6.07, 6.45) is 0.576. The molecule has 1 atom stereocenters. The van der Waals surface area contributed by atoms with Gasteiger partial charge in [-0.05, 0) is 28.1 Å². The first kappa shape index (κ1) is 12.1. The van der Waals surface area contributed by atoms with E-state index >= 15 is 0 Å². The van der Waals surface area contributed by atoms with E-state index in [2.05, 4.69) is 44.3 Å². The molecule has 86 valence electrons. The molecule has 1 N–H and O–H groups in total. The molecule has 2 rings (SSSR count). The molecule has 0 saturated carbocycles. The number of nitrogens with zero attached hydrogens (tertiary/aromatic N) is 2. The minimum absolute atomic E-state index is 0.267. The first-order chi connectivity index (χ1) is 7.81. The lowest BCUT2D eigenvalue weighted by molar-refractivity contribution is 0.178. The summed E-state index contributed by atoms with van der Waals surface area (Å²) in [6, 6.07) is 6.76. The molecule has 0 aromatic carbocycles. The van der Waals surface area contributed by atoms with Crippen LogP contribution in [-0.4, -0.2) is 31.1 Å².